The molecular formula is C17H32N4O6S. The SMILES string of the molecule is CSCCC(NC(=O)C(N)CC(C)C)C(=O)NC(C)C(=O)NC(CO)C(=O)O. The first-order valence-electron chi connectivity index (χ1n) is 9.02. The van der Waals surface area contributed by atoms with Crippen molar-refractivity contribution < 1.29 is 29.4 Å². The van der Waals surface area contributed by atoms with Crippen LogP contribution in [0.15, 0.2) is 0 Å². The number of nitrogens with one attached hydrogen (secondary N) is 3. The number of hydrogen-bond donors (Lipinski definition) is 6. The first-order valence-corrected chi connectivity index (χ1v) is 10.4. The molecule has 0 saturated heterocycles. The largest absolute Gasteiger partial charge is 0.480 e. The lowest BCUT2D eigenvalue weighted by atomic mass is 10.0. The van der Waals surface area contributed by atoms with Gasteiger partial charge in [-0.25, -0.2) is 4.79 Å². The van der Waals surface area contributed by atoms with Gasteiger partial charge in [0.25, 0.3) is 0 Å². The number of aliphatic carboxylic acids is 1. The van der Waals surface area contributed by atoms with Crippen molar-refractivity contribution in [1.29, 1.82) is 0 Å². The maximum Gasteiger partial charge on any atom is 0.328 e. The average molecular weight is 421 g/mol. The predicted molar refractivity (Wildman–Crippen MR) is 107 cm³/mol. The Morgan fingerprint density at radius 2 is 1.54 bits per heavy atom. The number of carboxylic acid groups (broad SMARTS) is 1. The van der Waals surface area contributed by atoms with Crippen LogP contribution in [0.4, 0.5) is 0 Å². The van der Waals surface area contributed by atoms with Gasteiger partial charge in [-0.1, -0.05) is 13.8 Å². The lowest BCUT2D eigenvalue weighted by Crippen LogP contribution is -2.56. The number of aliphatic hydroxyl groups excluding tert-OH is 1. The fourth-order valence-corrected chi connectivity index (χ4v) is 2.73. The minimum absolute atomic E-state index is 0.219. The lowest BCUT2D eigenvalue weighted by molar-refractivity contribution is -0.143. The zero-order valence-electron chi connectivity index (χ0n) is 16.7. The van der Waals surface area contributed by atoms with Gasteiger partial charge in [-0.2, -0.15) is 11.8 Å². The Balaban J connectivity index is 4.93. The van der Waals surface area contributed by atoms with E-state index in [0.29, 0.717) is 18.6 Å². The van der Waals surface area contributed by atoms with Crippen LogP contribution in [0.2, 0.25) is 0 Å². The summed E-state index contributed by atoms with van der Waals surface area (Å²) in [6.07, 6.45) is 2.67. The molecule has 10 nitrogen and oxygen atoms in total. The molecule has 0 aromatic carbocycles. The third-order valence-corrected chi connectivity index (χ3v) is 4.50. The Hall–Kier alpha value is -1.85. The fourth-order valence-electron chi connectivity index (χ4n) is 2.26. The quantitative estimate of drug-likeness (QED) is 0.213. The van der Waals surface area contributed by atoms with E-state index in [0.717, 1.165) is 0 Å². The van der Waals surface area contributed by atoms with E-state index in [1.54, 1.807) is 0 Å². The topological polar surface area (TPSA) is 171 Å². The van der Waals surface area contributed by atoms with Gasteiger partial charge in [0.15, 0.2) is 0 Å². The molecule has 0 heterocycles. The summed E-state index contributed by atoms with van der Waals surface area (Å²) >= 11 is 1.50. The molecule has 0 rings (SSSR count). The summed E-state index contributed by atoms with van der Waals surface area (Å²) in [6.45, 7) is 4.47. The number of hydrogen-bond acceptors (Lipinski definition) is 7. The molecule has 0 spiro atoms. The summed E-state index contributed by atoms with van der Waals surface area (Å²) in [7, 11) is 0. The maximum absolute atomic E-state index is 12.5. The van der Waals surface area contributed by atoms with Crippen LogP contribution in [-0.4, -0.2) is 76.7 Å². The number of thioether (sulfide) groups is 1. The summed E-state index contributed by atoms with van der Waals surface area (Å²) in [5, 5.41) is 25.0. The molecule has 162 valence electrons. The molecule has 0 aliphatic carbocycles. The highest BCUT2D eigenvalue weighted by Crippen LogP contribution is 2.06. The summed E-state index contributed by atoms with van der Waals surface area (Å²) < 4.78 is 0. The highest BCUT2D eigenvalue weighted by molar-refractivity contribution is 7.98. The van der Waals surface area contributed by atoms with Crippen molar-refractivity contribution in [3.63, 3.8) is 0 Å². The van der Waals surface area contributed by atoms with E-state index in [4.69, 9.17) is 15.9 Å². The molecular weight excluding hydrogens is 388 g/mol. The average Bonchev–Trinajstić information content (AvgIpc) is 2.61. The van der Waals surface area contributed by atoms with E-state index in [2.05, 4.69) is 16.0 Å². The molecule has 0 aromatic heterocycles. The third-order valence-electron chi connectivity index (χ3n) is 3.85. The van der Waals surface area contributed by atoms with E-state index in [9.17, 15) is 19.2 Å². The Labute approximate surface area is 169 Å². The second-order valence-electron chi connectivity index (χ2n) is 6.89. The Morgan fingerprint density at radius 1 is 0.964 bits per heavy atom. The third kappa shape index (κ3) is 9.90. The van der Waals surface area contributed by atoms with Crippen LogP contribution < -0.4 is 21.7 Å². The molecule has 11 heteroatoms. The van der Waals surface area contributed by atoms with Gasteiger partial charge in [0.2, 0.25) is 17.7 Å². The number of aliphatic hydroxyl groups is 1. The second kappa shape index (κ2) is 13.3. The zero-order chi connectivity index (χ0) is 21.9. The van der Waals surface area contributed by atoms with E-state index < -0.39 is 54.5 Å². The first-order chi connectivity index (χ1) is 13.0. The number of carbonyl (C=O) groups excluding carboxylic acids is 3. The fraction of sp³-hybridized carbons (Fsp3) is 0.765. The van der Waals surface area contributed by atoms with Crippen LogP contribution in [-0.2, 0) is 19.2 Å². The Bertz CT molecular complexity index is 546. The van der Waals surface area contributed by atoms with Gasteiger partial charge in [-0.3, -0.25) is 14.4 Å². The van der Waals surface area contributed by atoms with Crippen LogP contribution in [0.5, 0.6) is 0 Å². The first kappa shape index (κ1) is 26.1. The van der Waals surface area contributed by atoms with E-state index in [1.165, 1.54) is 18.7 Å². The van der Waals surface area contributed by atoms with E-state index >= 15 is 0 Å². The molecule has 7 N–H and O–H groups in total. The van der Waals surface area contributed by atoms with E-state index in [-0.39, 0.29) is 5.92 Å². The van der Waals surface area contributed by atoms with Crippen molar-refractivity contribution >= 4 is 35.5 Å². The van der Waals surface area contributed by atoms with Gasteiger partial charge >= 0.3 is 5.97 Å². The van der Waals surface area contributed by atoms with Crippen LogP contribution in [0.1, 0.15) is 33.6 Å². The van der Waals surface area contributed by atoms with Gasteiger partial charge in [-0.05, 0) is 37.7 Å². The van der Waals surface area contributed by atoms with Gasteiger partial charge < -0.3 is 31.9 Å². The second-order valence-corrected chi connectivity index (χ2v) is 7.88. The van der Waals surface area contributed by atoms with Crippen LogP contribution in [0, 0.1) is 5.92 Å². The maximum atomic E-state index is 12.5. The van der Waals surface area contributed by atoms with Crippen LogP contribution in [0.3, 0.4) is 0 Å². The predicted octanol–water partition coefficient (Wildman–Crippen LogP) is -1.34. The molecule has 3 amide bonds. The molecule has 4 atom stereocenters. The van der Waals surface area contributed by atoms with Crippen molar-refractivity contribution in [3.05, 3.63) is 0 Å². The summed E-state index contributed by atoms with van der Waals surface area (Å²) in [5.74, 6) is -2.35. The van der Waals surface area contributed by atoms with Gasteiger partial charge in [0.05, 0.1) is 12.6 Å². The minimum atomic E-state index is -1.46. The van der Waals surface area contributed by atoms with Crippen LogP contribution >= 0.6 is 11.8 Å². The number of amides is 3. The van der Waals surface area contributed by atoms with Gasteiger partial charge in [0, 0.05) is 0 Å². The number of rotatable bonds is 13. The van der Waals surface area contributed by atoms with E-state index in [1.807, 2.05) is 20.1 Å². The zero-order valence-corrected chi connectivity index (χ0v) is 17.5. The molecule has 0 aromatic rings. The van der Waals surface area contributed by atoms with Gasteiger partial charge in [0.1, 0.15) is 18.1 Å². The summed E-state index contributed by atoms with van der Waals surface area (Å²) in [5.41, 5.74) is 5.85. The van der Waals surface area contributed by atoms with Crippen molar-refractivity contribution in [2.75, 3.05) is 18.6 Å². The highest BCUT2D eigenvalue weighted by atomic mass is 32.2. The Kier molecular flexibility index (Phi) is 12.5. The van der Waals surface area contributed by atoms with Crippen molar-refractivity contribution in [1.82, 2.24) is 16.0 Å². The molecule has 0 fully saturated rings. The summed E-state index contributed by atoms with van der Waals surface area (Å²) in [4.78, 5) is 47.7. The van der Waals surface area contributed by atoms with Crippen molar-refractivity contribution in [3.8, 4) is 0 Å². The molecule has 0 radical (unpaired) electrons. The number of carbonyl (C=O) groups is 4. The Morgan fingerprint density at radius 3 is 2.00 bits per heavy atom. The normalized spacial score (nSPS) is 15.2. The number of carboxylic acids is 1. The molecule has 0 saturated carbocycles. The monoisotopic (exact) mass is 420 g/mol. The van der Waals surface area contributed by atoms with Crippen molar-refractivity contribution in [2.45, 2.75) is 57.8 Å². The molecule has 0 aliphatic rings. The molecule has 0 aliphatic heterocycles. The summed E-state index contributed by atoms with van der Waals surface area (Å²) in [6, 6.07) is -4.14. The minimum Gasteiger partial charge on any atom is -0.480 e. The smallest absolute Gasteiger partial charge is 0.328 e. The number of nitrogens with two attached hydrogens (primary N) is 1. The highest BCUT2D eigenvalue weighted by Gasteiger charge is 2.28. The molecule has 28 heavy (non-hydrogen) atoms. The molecule has 0 bridgehead atoms. The van der Waals surface area contributed by atoms with Gasteiger partial charge in [-0.15, -0.1) is 0 Å². The lowest BCUT2D eigenvalue weighted by Gasteiger charge is -2.23. The van der Waals surface area contributed by atoms with Crippen LogP contribution in [0.25, 0.3) is 0 Å². The molecule has 4 unspecified atom stereocenters. The standard InChI is InChI=1S/C17H32N4O6S/c1-9(2)7-11(18)15(24)20-12(5-6-28-4)16(25)19-10(3)14(23)21-13(8-22)17(26)27/h9-13,22H,5-8,18H2,1-4H3,(H,19,25)(H,20,24)(H,21,23)(H,26,27). The van der Waals surface area contributed by atoms with Crippen molar-refractivity contribution in [2.24, 2.45) is 11.7 Å².